The number of carbonyl (C=O) groups excluding carboxylic acids is 2. The van der Waals surface area contributed by atoms with Crippen molar-refractivity contribution in [3.63, 3.8) is 0 Å². The van der Waals surface area contributed by atoms with E-state index >= 15 is 0 Å². The van der Waals surface area contributed by atoms with Gasteiger partial charge >= 0.3 is 6.03 Å². The Morgan fingerprint density at radius 1 is 1.27 bits per heavy atom. The number of nitrogens with two attached hydrogens (primary N) is 2. The van der Waals surface area contributed by atoms with Crippen LogP contribution in [0.2, 0.25) is 0 Å². The molecule has 1 aromatic carbocycles. The molecule has 3 heterocycles. The summed E-state index contributed by atoms with van der Waals surface area (Å²) in [5.41, 5.74) is 13.3. The van der Waals surface area contributed by atoms with E-state index < -0.39 is 5.91 Å². The lowest BCUT2D eigenvalue weighted by Gasteiger charge is -2.31. The number of amides is 3. The van der Waals surface area contributed by atoms with Crippen LogP contribution in [-0.2, 0) is 0 Å². The van der Waals surface area contributed by atoms with Crippen LogP contribution in [-0.4, -0.2) is 66.1 Å². The van der Waals surface area contributed by atoms with Crippen molar-refractivity contribution < 1.29 is 9.59 Å². The van der Waals surface area contributed by atoms with Gasteiger partial charge in [-0.3, -0.25) is 9.69 Å². The fraction of sp³-hybridized carbons (Fsp3) is 0.400. The van der Waals surface area contributed by atoms with E-state index in [9.17, 15) is 9.59 Å². The number of nitrogens with zero attached hydrogens (tertiary/aromatic N) is 5. The predicted octanol–water partition coefficient (Wildman–Crippen LogP) is 1.12. The van der Waals surface area contributed by atoms with Crippen LogP contribution in [0.4, 0.5) is 27.9 Å². The van der Waals surface area contributed by atoms with E-state index in [1.54, 1.807) is 16.8 Å². The molecule has 30 heavy (non-hydrogen) atoms. The van der Waals surface area contributed by atoms with Crippen LogP contribution in [0, 0.1) is 0 Å². The molecule has 4 rings (SSSR count). The molecule has 0 unspecified atom stereocenters. The van der Waals surface area contributed by atoms with Crippen molar-refractivity contribution in [1.82, 2.24) is 14.9 Å². The van der Waals surface area contributed by atoms with Gasteiger partial charge in [0.2, 0.25) is 5.95 Å². The van der Waals surface area contributed by atoms with Gasteiger partial charge in [0, 0.05) is 56.8 Å². The van der Waals surface area contributed by atoms with Gasteiger partial charge in [0.15, 0.2) is 0 Å². The molecule has 158 valence electrons. The summed E-state index contributed by atoms with van der Waals surface area (Å²) in [4.78, 5) is 38.5. The van der Waals surface area contributed by atoms with E-state index in [0.29, 0.717) is 37.1 Å². The summed E-state index contributed by atoms with van der Waals surface area (Å²) in [5.74, 6) is 0.214. The van der Waals surface area contributed by atoms with Crippen molar-refractivity contribution >= 4 is 35.1 Å². The second kappa shape index (κ2) is 8.15. The van der Waals surface area contributed by atoms with Crippen molar-refractivity contribution in [1.29, 1.82) is 0 Å². The van der Waals surface area contributed by atoms with Gasteiger partial charge in [-0.2, -0.15) is 4.98 Å². The fourth-order valence-corrected chi connectivity index (χ4v) is 3.77. The third kappa shape index (κ3) is 3.99. The van der Waals surface area contributed by atoms with E-state index in [2.05, 4.69) is 15.3 Å². The lowest BCUT2D eigenvalue weighted by molar-refractivity contribution is 0.100. The summed E-state index contributed by atoms with van der Waals surface area (Å²) in [6.45, 7) is 2.77. The molecule has 5 N–H and O–H groups in total. The molecule has 3 amide bonds. The molecule has 2 fully saturated rings. The summed E-state index contributed by atoms with van der Waals surface area (Å²) in [6.07, 6.45) is 3.37. The van der Waals surface area contributed by atoms with Gasteiger partial charge in [0.1, 0.15) is 11.4 Å². The summed E-state index contributed by atoms with van der Waals surface area (Å²) in [5, 5.41) is 3.17. The fourth-order valence-electron chi connectivity index (χ4n) is 3.77. The van der Waals surface area contributed by atoms with Crippen molar-refractivity contribution in [2.24, 2.45) is 11.5 Å². The number of anilines is 4. The highest BCUT2D eigenvalue weighted by atomic mass is 16.2. The van der Waals surface area contributed by atoms with E-state index in [1.165, 1.54) is 6.20 Å². The molecular weight excluding hydrogens is 384 g/mol. The number of benzene rings is 1. The second-order valence-corrected chi connectivity index (χ2v) is 7.68. The lowest BCUT2D eigenvalue weighted by Crippen LogP contribution is -2.43. The van der Waals surface area contributed by atoms with Gasteiger partial charge in [0.05, 0.1) is 0 Å². The molecule has 0 saturated carbocycles. The van der Waals surface area contributed by atoms with Crippen molar-refractivity contribution in [3.05, 3.63) is 36.0 Å². The normalized spacial score (nSPS) is 19.3. The minimum absolute atomic E-state index is 0.0456. The number of rotatable bonds is 5. The largest absolute Gasteiger partial charge is 0.365 e. The third-order valence-electron chi connectivity index (χ3n) is 5.42. The molecule has 10 heteroatoms. The Balaban J connectivity index is 1.62. The first-order chi connectivity index (χ1) is 14.4. The Bertz CT molecular complexity index is 966. The number of aromatic nitrogens is 2. The smallest absolute Gasteiger partial charge is 0.324 e. The van der Waals surface area contributed by atoms with Gasteiger partial charge in [-0.25, -0.2) is 9.78 Å². The summed E-state index contributed by atoms with van der Waals surface area (Å²) >= 11 is 0. The number of primary amides is 1. The molecule has 0 radical (unpaired) electrons. The molecule has 2 aliphatic heterocycles. The zero-order valence-electron chi connectivity index (χ0n) is 16.9. The predicted molar refractivity (Wildman–Crippen MR) is 115 cm³/mol. The number of carbonyl (C=O) groups is 2. The van der Waals surface area contributed by atoms with Crippen molar-refractivity contribution in [2.45, 2.75) is 18.9 Å². The standard InChI is InChI=1S/C20H26N8O2/c1-26-8-9-28(20(26)30)15-6-2-5-14(10-15)24-18-16(17(22)29)11-23-19(25-18)27-7-3-4-13(21)12-27/h2,5-6,10-11,13H,3-4,7-9,12,21H2,1H3,(H2,22,29)(H,23,24,25)/t13-/m0/s1. The monoisotopic (exact) mass is 410 g/mol. The number of hydrogen-bond acceptors (Lipinski definition) is 7. The van der Waals surface area contributed by atoms with E-state index in [4.69, 9.17) is 11.5 Å². The Morgan fingerprint density at radius 3 is 2.80 bits per heavy atom. The Hall–Kier alpha value is -3.40. The highest BCUT2D eigenvalue weighted by molar-refractivity contribution is 5.98. The van der Waals surface area contributed by atoms with Crippen LogP contribution in [0.25, 0.3) is 0 Å². The van der Waals surface area contributed by atoms with Crippen molar-refractivity contribution in [2.75, 3.05) is 48.3 Å². The Kier molecular flexibility index (Phi) is 5.40. The molecule has 10 nitrogen and oxygen atoms in total. The average molecular weight is 410 g/mol. The quantitative estimate of drug-likeness (QED) is 0.672. The van der Waals surface area contributed by atoms with Crippen LogP contribution in [0.5, 0.6) is 0 Å². The molecule has 2 saturated heterocycles. The highest BCUT2D eigenvalue weighted by Gasteiger charge is 2.27. The van der Waals surface area contributed by atoms with Crippen LogP contribution in [0.1, 0.15) is 23.2 Å². The maximum absolute atomic E-state index is 12.3. The molecule has 1 aromatic heterocycles. The van der Waals surface area contributed by atoms with Gasteiger partial charge in [-0.05, 0) is 31.0 Å². The van der Waals surface area contributed by atoms with Crippen molar-refractivity contribution in [3.8, 4) is 0 Å². The number of nitrogens with one attached hydrogen (secondary N) is 1. The van der Waals surface area contributed by atoms with Gasteiger partial charge in [-0.1, -0.05) is 6.07 Å². The summed E-state index contributed by atoms with van der Waals surface area (Å²) in [6, 6.07) is 7.44. The highest BCUT2D eigenvalue weighted by Crippen LogP contribution is 2.27. The number of hydrogen-bond donors (Lipinski definition) is 3. The first-order valence-electron chi connectivity index (χ1n) is 9.99. The first-order valence-corrected chi connectivity index (χ1v) is 9.99. The van der Waals surface area contributed by atoms with E-state index in [0.717, 1.165) is 25.1 Å². The summed E-state index contributed by atoms with van der Waals surface area (Å²) in [7, 11) is 1.78. The Labute approximate surface area is 174 Å². The van der Waals surface area contributed by atoms with E-state index in [1.807, 2.05) is 29.2 Å². The maximum Gasteiger partial charge on any atom is 0.324 e. The summed E-state index contributed by atoms with van der Waals surface area (Å²) < 4.78 is 0. The van der Waals surface area contributed by atoms with Gasteiger partial charge in [0.25, 0.3) is 5.91 Å². The van der Waals surface area contributed by atoms with Gasteiger partial charge < -0.3 is 26.6 Å². The SMILES string of the molecule is CN1CCN(c2cccc(Nc3nc(N4CCC[C@H](N)C4)ncc3C(N)=O)c2)C1=O. The number of urea groups is 1. The molecule has 0 bridgehead atoms. The van der Waals surface area contributed by atoms with Gasteiger partial charge in [-0.15, -0.1) is 0 Å². The first kappa shape index (κ1) is 19.9. The minimum Gasteiger partial charge on any atom is -0.365 e. The minimum atomic E-state index is -0.619. The topological polar surface area (TPSA) is 134 Å². The molecule has 2 aliphatic rings. The third-order valence-corrected chi connectivity index (χ3v) is 5.42. The lowest BCUT2D eigenvalue weighted by atomic mass is 10.1. The van der Waals surface area contributed by atoms with Crippen LogP contribution < -0.4 is 26.6 Å². The zero-order valence-corrected chi connectivity index (χ0v) is 16.9. The molecule has 0 spiro atoms. The zero-order chi connectivity index (χ0) is 21.3. The molecule has 1 atom stereocenters. The average Bonchev–Trinajstić information content (AvgIpc) is 3.06. The second-order valence-electron chi connectivity index (χ2n) is 7.68. The number of piperidine rings is 1. The van der Waals surface area contributed by atoms with E-state index in [-0.39, 0.29) is 17.6 Å². The van der Waals surface area contributed by atoms with Crippen LogP contribution in [0.15, 0.2) is 30.5 Å². The molecular formula is C20H26N8O2. The molecule has 0 aliphatic carbocycles. The molecule has 2 aromatic rings. The van der Waals surface area contributed by atoms with Crippen LogP contribution in [0.3, 0.4) is 0 Å². The van der Waals surface area contributed by atoms with Crippen LogP contribution >= 0.6 is 0 Å². The number of likely N-dealkylation sites (N-methyl/N-ethyl adjacent to an activating group) is 1. The maximum atomic E-state index is 12.3. The Morgan fingerprint density at radius 2 is 2.10 bits per heavy atom.